The van der Waals surface area contributed by atoms with Gasteiger partial charge in [0, 0.05) is 6.42 Å². The Labute approximate surface area is 277 Å². The topological polar surface area (TPSA) is 157 Å². The van der Waals surface area contributed by atoms with Gasteiger partial charge in [-0.1, -0.05) is 124 Å². The fourth-order valence-corrected chi connectivity index (χ4v) is 5.48. The van der Waals surface area contributed by atoms with E-state index >= 15 is 0 Å². The van der Waals surface area contributed by atoms with Gasteiger partial charge < -0.3 is 20.5 Å². The molecule has 1 amide bonds. The molecular formula is C35H62N6O5. The SMILES string of the molecule is CCCCCCCCCCCCCCCCCCCC(=O)OCC1(NCCCCOC(=O)[C@@H](N)C(C)C)N=C2N=CN=C2C(=O)N1. The number of hydrogen-bond donors (Lipinski definition) is 3. The van der Waals surface area contributed by atoms with Crippen molar-refractivity contribution in [3.8, 4) is 0 Å². The number of esters is 2. The molecule has 11 nitrogen and oxygen atoms in total. The maximum absolute atomic E-state index is 12.7. The Balaban J connectivity index is 1.57. The molecule has 2 heterocycles. The highest BCUT2D eigenvalue weighted by atomic mass is 16.5. The van der Waals surface area contributed by atoms with Gasteiger partial charge in [0.2, 0.25) is 5.79 Å². The number of aliphatic imine (C=N–C) groups is 3. The molecule has 2 aliphatic heterocycles. The molecule has 0 aromatic rings. The number of unbranched alkanes of at least 4 members (excludes halogenated alkanes) is 17. The number of amides is 1. The average Bonchev–Trinajstić information content (AvgIpc) is 3.51. The predicted molar refractivity (Wildman–Crippen MR) is 185 cm³/mol. The first-order chi connectivity index (χ1) is 22.3. The van der Waals surface area contributed by atoms with Crippen LogP contribution in [0.25, 0.3) is 0 Å². The summed E-state index contributed by atoms with van der Waals surface area (Å²) < 4.78 is 10.8. The van der Waals surface area contributed by atoms with Gasteiger partial charge in [0.1, 0.15) is 19.0 Å². The summed E-state index contributed by atoms with van der Waals surface area (Å²) in [6.45, 7) is 6.51. The van der Waals surface area contributed by atoms with Crippen LogP contribution in [-0.4, -0.2) is 67.3 Å². The first-order valence-corrected chi connectivity index (χ1v) is 18.1. The van der Waals surface area contributed by atoms with Gasteiger partial charge in [-0.2, -0.15) is 0 Å². The summed E-state index contributed by atoms with van der Waals surface area (Å²) in [5, 5.41) is 5.99. The molecule has 0 radical (unpaired) electrons. The minimum absolute atomic E-state index is 0.00589. The van der Waals surface area contributed by atoms with Crippen LogP contribution in [-0.2, 0) is 23.9 Å². The lowest BCUT2D eigenvalue weighted by atomic mass is 10.0. The van der Waals surface area contributed by atoms with Gasteiger partial charge >= 0.3 is 11.9 Å². The summed E-state index contributed by atoms with van der Waals surface area (Å²) in [4.78, 5) is 49.7. The summed E-state index contributed by atoms with van der Waals surface area (Å²) in [5.74, 6) is -2.30. The van der Waals surface area contributed by atoms with E-state index in [1.54, 1.807) is 0 Å². The molecule has 0 aliphatic carbocycles. The van der Waals surface area contributed by atoms with Crippen LogP contribution in [0.2, 0.25) is 0 Å². The minimum atomic E-state index is -1.34. The molecule has 0 aromatic heterocycles. The molecule has 2 rings (SSSR count). The average molecular weight is 647 g/mol. The molecule has 4 N–H and O–H groups in total. The van der Waals surface area contributed by atoms with E-state index in [1.807, 2.05) is 13.8 Å². The summed E-state index contributed by atoms with van der Waals surface area (Å²) in [5.41, 5.74) is 5.96. The number of nitrogens with one attached hydrogen (secondary N) is 2. The van der Waals surface area contributed by atoms with Gasteiger partial charge in [0.25, 0.3) is 5.91 Å². The molecule has 2 aliphatic rings. The fraction of sp³-hybridized carbons (Fsp3) is 0.829. The Kier molecular flexibility index (Phi) is 20.3. The quantitative estimate of drug-likeness (QED) is 0.0681. The maximum Gasteiger partial charge on any atom is 0.323 e. The predicted octanol–water partition coefficient (Wildman–Crippen LogP) is 6.13. The van der Waals surface area contributed by atoms with Crippen molar-refractivity contribution in [1.29, 1.82) is 0 Å². The molecule has 0 aromatic carbocycles. The van der Waals surface area contributed by atoms with E-state index in [0.29, 0.717) is 25.8 Å². The zero-order valence-corrected chi connectivity index (χ0v) is 29.0. The summed E-state index contributed by atoms with van der Waals surface area (Å²) >= 11 is 0. The van der Waals surface area contributed by atoms with Crippen LogP contribution in [0.3, 0.4) is 0 Å². The van der Waals surface area contributed by atoms with Crippen LogP contribution in [0.15, 0.2) is 15.0 Å². The highest BCUT2D eigenvalue weighted by Gasteiger charge is 2.41. The number of carbonyl (C=O) groups excluding carboxylic acids is 3. The highest BCUT2D eigenvalue weighted by molar-refractivity contribution is 6.69. The Morgan fingerprint density at radius 3 is 1.98 bits per heavy atom. The molecule has 0 spiro atoms. The fourth-order valence-electron chi connectivity index (χ4n) is 5.48. The Hall–Kier alpha value is -2.66. The smallest absolute Gasteiger partial charge is 0.323 e. The van der Waals surface area contributed by atoms with E-state index in [0.717, 1.165) is 19.3 Å². The molecule has 262 valence electrons. The number of nitrogens with two attached hydrogens (primary N) is 1. The van der Waals surface area contributed by atoms with Crippen molar-refractivity contribution in [3.63, 3.8) is 0 Å². The van der Waals surface area contributed by atoms with E-state index in [1.165, 1.54) is 96.2 Å². The van der Waals surface area contributed by atoms with Crippen molar-refractivity contribution >= 4 is 35.7 Å². The normalized spacial score (nSPS) is 17.8. The van der Waals surface area contributed by atoms with Crippen molar-refractivity contribution in [2.45, 2.75) is 161 Å². The van der Waals surface area contributed by atoms with Crippen molar-refractivity contribution < 1.29 is 23.9 Å². The van der Waals surface area contributed by atoms with Gasteiger partial charge in [-0.25, -0.2) is 15.0 Å². The lowest BCUT2D eigenvalue weighted by molar-refractivity contribution is -0.147. The van der Waals surface area contributed by atoms with Gasteiger partial charge in [0.05, 0.1) is 6.61 Å². The molecule has 46 heavy (non-hydrogen) atoms. The van der Waals surface area contributed by atoms with E-state index in [4.69, 9.17) is 15.2 Å². The highest BCUT2D eigenvalue weighted by Crippen LogP contribution is 2.17. The van der Waals surface area contributed by atoms with Crippen molar-refractivity contribution in [2.24, 2.45) is 26.6 Å². The number of nitrogens with zero attached hydrogens (tertiary/aromatic N) is 3. The van der Waals surface area contributed by atoms with Crippen LogP contribution >= 0.6 is 0 Å². The molecule has 0 saturated heterocycles. The number of hydrogen-bond acceptors (Lipinski definition) is 10. The Bertz CT molecular complexity index is 998. The standard InChI is InChI=1S/C35H62N6O5/c1-4-5-6-7-8-9-10-11-12-13-14-15-16-17-18-19-20-23-29(42)46-26-35(40-32-31(33(43)41-35)37-27-38-32)39-24-21-22-25-45-34(44)30(36)28(2)3/h27-28,30,39H,4-26,36H2,1-3H3,(H,41,43)/t30-,35?/m0/s1. The van der Waals surface area contributed by atoms with Crippen molar-refractivity contribution in [3.05, 3.63) is 0 Å². The molecule has 11 heteroatoms. The zero-order chi connectivity index (χ0) is 33.5. The maximum atomic E-state index is 12.7. The molecule has 0 saturated carbocycles. The second-order valence-corrected chi connectivity index (χ2v) is 13.1. The Morgan fingerprint density at radius 1 is 0.848 bits per heavy atom. The first kappa shape index (κ1) is 39.5. The van der Waals surface area contributed by atoms with Crippen LogP contribution < -0.4 is 16.4 Å². The van der Waals surface area contributed by atoms with Crippen LogP contribution in [0.4, 0.5) is 0 Å². The van der Waals surface area contributed by atoms with E-state index in [-0.39, 0.29) is 36.6 Å². The van der Waals surface area contributed by atoms with Gasteiger partial charge in [-0.3, -0.25) is 19.7 Å². The molecule has 0 bridgehead atoms. The Morgan fingerprint density at radius 2 is 1.41 bits per heavy atom. The molecular weight excluding hydrogens is 584 g/mol. The summed E-state index contributed by atoms with van der Waals surface area (Å²) in [7, 11) is 0. The molecule has 0 fully saturated rings. The zero-order valence-electron chi connectivity index (χ0n) is 29.0. The third-order valence-electron chi connectivity index (χ3n) is 8.56. The van der Waals surface area contributed by atoms with Crippen LogP contribution in [0.1, 0.15) is 149 Å². The monoisotopic (exact) mass is 646 g/mol. The summed E-state index contributed by atoms with van der Waals surface area (Å²) in [6.07, 6.45) is 24.7. The lowest BCUT2D eigenvalue weighted by Gasteiger charge is -2.34. The van der Waals surface area contributed by atoms with Gasteiger partial charge in [-0.05, 0) is 31.7 Å². The van der Waals surface area contributed by atoms with Crippen LogP contribution in [0.5, 0.6) is 0 Å². The number of fused-ring (bicyclic) bond motifs is 1. The van der Waals surface area contributed by atoms with Crippen molar-refractivity contribution in [1.82, 2.24) is 10.6 Å². The third kappa shape index (κ3) is 16.3. The number of carbonyl (C=O) groups is 3. The first-order valence-electron chi connectivity index (χ1n) is 18.1. The number of ether oxygens (including phenoxy) is 2. The number of amidine groups is 1. The van der Waals surface area contributed by atoms with E-state index in [9.17, 15) is 14.4 Å². The second kappa shape index (κ2) is 23.6. The largest absolute Gasteiger partial charge is 0.465 e. The van der Waals surface area contributed by atoms with E-state index in [2.05, 4.69) is 32.5 Å². The minimum Gasteiger partial charge on any atom is -0.465 e. The lowest BCUT2D eigenvalue weighted by Crippen LogP contribution is -2.65. The number of rotatable bonds is 28. The summed E-state index contributed by atoms with van der Waals surface area (Å²) in [6, 6.07) is -0.642. The van der Waals surface area contributed by atoms with Crippen LogP contribution in [0, 0.1) is 5.92 Å². The second-order valence-electron chi connectivity index (χ2n) is 13.1. The van der Waals surface area contributed by atoms with Gasteiger partial charge in [-0.15, -0.1) is 0 Å². The van der Waals surface area contributed by atoms with Crippen molar-refractivity contribution in [2.75, 3.05) is 19.8 Å². The van der Waals surface area contributed by atoms with Gasteiger partial charge in [0.15, 0.2) is 11.5 Å². The van der Waals surface area contributed by atoms with E-state index < -0.39 is 23.7 Å². The molecule has 2 atom stereocenters. The third-order valence-corrected chi connectivity index (χ3v) is 8.56. The molecule has 1 unspecified atom stereocenters.